The van der Waals surface area contributed by atoms with E-state index in [1.165, 1.54) is 11.8 Å². The zero-order valence-electron chi connectivity index (χ0n) is 21.4. The molecule has 2 rings (SSSR count). The maximum absolute atomic E-state index is 9.57. The number of nitrogens with one attached hydrogen (secondary N) is 1. The normalized spacial score (nSPS) is 11.0. The monoisotopic (exact) mass is 474 g/mol. The lowest BCUT2D eigenvalue weighted by molar-refractivity contribution is 0.804. The molecule has 0 fully saturated rings. The van der Waals surface area contributed by atoms with Gasteiger partial charge >= 0.3 is 0 Å². The van der Waals surface area contributed by atoms with Crippen molar-refractivity contribution in [2.24, 2.45) is 25.8 Å². The number of hydrazone groups is 1. The van der Waals surface area contributed by atoms with Crippen LogP contribution in [0.2, 0.25) is 0 Å². The lowest BCUT2D eigenvalue weighted by Crippen LogP contribution is -1.89. The average Bonchev–Trinajstić information content (AvgIpc) is 2.93. The molecule has 0 aliphatic carbocycles. The Balaban J connectivity index is 0. The zero-order chi connectivity index (χ0) is 26.2. The average molecular weight is 475 g/mol. The summed E-state index contributed by atoms with van der Waals surface area (Å²) in [4.78, 5) is 9.57. The van der Waals surface area contributed by atoms with Gasteiger partial charge in [-0.05, 0) is 34.9 Å². The molecule has 0 bridgehead atoms. The van der Waals surface area contributed by atoms with Crippen molar-refractivity contribution in [1.29, 1.82) is 0 Å². The minimum absolute atomic E-state index is 0.941. The van der Waals surface area contributed by atoms with E-state index in [4.69, 9.17) is 0 Å². The second-order valence-corrected chi connectivity index (χ2v) is 5.68. The first-order valence-corrected chi connectivity index (χ1v) is 11.5. The fourth-order valence-corrected chi connectivity index (χ4v) is 2.08. The van der Waals surface area contributed by atoms with E-state index in [2.05, 4.69) is 44.0 Å². The number of hydrogen-bond acceptors (Lipinski definition) is 5. The summed E-state index contributed by atoms with van der Waals surface area (Å²) in [5, 5.41) is 16.4. The Kier molecular flexibility index (Phi) is 28.0. The van der Waals surface area contributed by atoms with Crippen LogP contribution < -0.4 is 5.53 Å². The van der Waals surface area contributed by atoms with Gasteiger partial charge in [0.1, 0.15) is 0 Å². The molecule has 7 heteroatoms. The lowest BCUT2D eigenvalue weighted by atomic mass is 10.1. The van der Waals surface area contributed by atoms with Crippen LogP contribution in [-0.2, 0) is 6.42 Å². The second-order valence-electron chi connectivity index (χ2n) is 5.68. The van der Waals surface area contributed by atoms with Gasteiger partial charge in [-0.15, -0.1) is 10.0 Å². The molecule has 35 heavy (non-hydrogen) atoms. The highest BCUT2D eigenvalue weighted by molar-refractivity contribution is 5.71. The Morgan fingerprint density at radius 1 is 0.743 bits per heavy atom. The summed E-state index contributed by atoms with van der Waals surface area (Å²) in [6.45, 7) is 8.00. The van der Waals surface area contributed by atoms with Crippen LogP contribution in [-0.4, -0.2) is 19.5 Å². The zero-order valence-corrected chi connectivity index (χ0v) is 21.4. The first-order chi connectivity index (χ1) is 17.4. The van der Waals surface area contributed by atoms with Crippen molar-refractivity contribution in [1.82, 2.24) is 5.53 Å². The first kappa shape index (κ1) is 32.9. The van der Waals surface area contributed by atoms with Crippen LogP contribution in [0, 0.1) is 4.91 Å². The summed E-state index contributed by atoms with van der Waals surface area (Å²) in [6, 6.07) is 20.3. The van der Waals surface area contributed by atoms with Crippen LogP contribution in [0.1, 0.15) is 38.8 Å². The van der Waals surface area contributed by atoms with Gasteiger partial charge in [0.25, 0.3) is 0 Å². The van der Waals surface area contributed by atoms with Gasteiger partial charge in [0.15, 0.2) is 0 Å². The molecule has 186 valence electrons. The Morgan fingerprint density at radius 2 is 1.34 bits per heavy atom. The van der Waals surface area contributed by atoms with Crippen LogP contribution in [0.15, 0.2) is 129 Å². The third-order valence-corrected chi connectivity index (χ3v) is 3.42. The van der Waals surface area contributed by atoms with Crippen LogP contribution in [0.3, 0.4) is 0 Å². The lowest BCUT2D eigenvalue weighted by Gasteiger charge is -1.92. The van der Waals surface area contributed by atoms with Crippen molar-refractivity contribution >= 4 is 18.5 Å². The maximum Gasteiger partial charge on any atom is 0.0722 e. The molecule has 0 aliphatic heterocycles. The molecular weight excluding hydrogens is 436 g/mol. The van der Waals surface area contributed by atoms with Crippen molar-refractivity contribution in [2.45, 2.75) is 34.1 Å². The van der Waals surface area contributed by atoms with Crippen molar-refractivity contribution in [2.75, 3.05) is 7.05 Å². The van der Waals surface area contributed by atoms with Gasteiger partial charge < -0.3 is 0 Å². The minimum atomic E-state index is 0.941. The molecule has 2 aromatic rings. The Morgan fingerprint density at radius 3 is 1.97 bits per heavy atom. The Labute approximate surface area is 210 Å². The van der Waals surface area contributed by atoms with Crippen molar-refractivity contribution in [3.8, 4) is 0 Å². The highest BCUT2D eigenvalue weighted by Crippen LogP contribution is 2.01. The molecule has 0 aromatic heterocycles. The minimum Gasteiger partial charge on any atom is -0.172 e. The molecule has 0 heterocycles. The summed E-state index contributed by atoms with van der Waals surface area (Å²) in [7, 11) is 1.58. The van der Waals surface area contributed by atoms with Gasteiger partial charge in [0.2, 0.25) is 0 Å². The van der Waals surface area contributed by atoms with Gasteiger partial charge in [-0.3, -0.25) is 0 Å². The largest absolute Gasteiger partial charge is 0.172 e. The van der Waals surface area contributed by atoms with Gasteiger partial charge in [0, 0.05) is 6.21 Å². The van der Waals surface area contributed by atoms with E-state index in [-0.39, 0.29) is 0 Å². The van der Waals surface area contributed by atoms with E-state index in [0.29, 0.717) is 0 Å². The van der Waals surface area contributed by atoms with E-state index in [1.807, 2.05) is 118 Å². The fraction of sp³-hybridized carbons (Fsp3) is 0.214. The number of nitroso groups, excluding NO2 is 1. The fourth-order valence-electron chi connectivity index (χ4n) is 2.08. The SMILES string of the molecule is CC.CC.CN=N/N=C/C=C/C=C/Cc1ccccc1.O=NN/N=C/C=C/C=C/c1ccccc1. The predicted octanol–water partition coefficient (Wildman–Crippen LogP) is 7.97. The van der Waals surface area contributed by atoms with E-state index in [1.54, 1.807) is 19.3 Å². The van der Waals surface area contributed by atoms with E-state index in [9.17, 15) is 4.91 Å². The molecular formula is C28H38N6O. The van der Waals surface area contributed by atoms with Gasteiger partial charge in [-0.25, -0.2) is 0 Å². The third kappa shape index (κ3) is 24.2. The third-order valence-electron chi connectivity index (χ3n) is 3.42. The number of hydrogen-bond donors (Lipinski definition) is 1. The van der Waals surface area contributed by atoms with Gasteiger partial charge in [-0.1, -0.05) is 125 Å². The smallest absolute Gasteiger partial charge is 0.0722 e. The van der Waals surface area contributed by atoms with Crippen LogP contribution in [0.25, 0.3) is 6.08 Å². The number of rotatable bonds is 10. The quantitative estimate of drug-likeness (QED) is 0.124. The van der Waals surface area contributed by atoms with E-state index >= 15 is 0 Å². The van der Waals surface area contributed by atoms with Gasteiger partial charge in [-0.2, -0.15) is 15.8 Å². The van der Waals surface area contributed by atoms with Crippen molar-refractivity contribution in [3.63, 3.8) is 0 Å². The van der Waals surface area contributed by atoms with Crippen LogP contribution in [0.5, 0.6) is 0 Å². The predicted molar refractivity (Wildman–Crippen MR) is 152 cm³/mol. The first-order valence-electron chi connectivity index (χ1n) is 11.5. The summed E-state index contributed by atoms with van der Waals surface area (Å²) in [5.41, 5.74) is 4.36. The highest BCUT2D eigenvalue weighted by Gasteiger charge is 1.83. The Hall–Kier alpha value is -4.26. The number of allylic oxidation sites excluding steroid dienone is 7. The summed E-state index contributed by atoms with van der Waals surface area (Å²) in [6.07, 6.45) is 19.1. The molecule has 0 saturated heterocycles. The molecule has 0 aliphatic rings. The highest BCUT2D eigenvalue weighted by atomic mass is 16.3. The van der Waals surface area contributed by atoms with E-state index < -0.39 is 0 Å². The molecule has 0 amide bonds. The number of nitrogens with zero attached hydrogens (tertiary/aromatic N) is 5. The molecule has 1 N–H and O–H groups in total. The maximum atomic E-state index is 9.57. The second kappa shape index (κ2) is 29.7. The molecule has 2 aromatic carbocycles. The molecule has 0 spiro atoms. The molecule has 0 unspecified atom stereocenters. The van der Waals surface area contributed by atoms with Crippen LogP contribution >= 0.6 is 0 Å². The summed E-state index contributed by atoms with van der Waals surface area (Å²) < 4.78 is 0. The van der Waals surface area contributed by atoms with E-state index in [0.717, 1.165) is 12.0 Å². The molecule has 7 nitrogen and oxygen atoms in total. The Bertz CT molecular complexity index is 915. The molecule has 0 radical (unpaired) electrons. The molecule has 0 saturated carbocycles. The van der Waals surface area contributed by atoms with Crippen molar-refractivity contribution < 1.29 is 0 Å². The summed E-state index contributed by atoms with van der Waals surface area (Å²) in [5.74, 6) is 0. The molecule has 0 atom stereocenters. The van der Waals surface area contributed by atoms with Crippen molar-refractivity contribution in [3.05, 3.63) is 119 Å². The number of benzene rings is 2. The van der Waals surface area contributed by atoms with Crippen LogP contribution in [0.4, 0.5) is 0 Å². The standard InChI is InChI=1S/C13H15N3.C11H11N3O.2C2H6/c1-14-16-15-12-8-3-2-5-9-13-10-6-4-7-11-13;15-14-13-12-10-6-2-5-9-11-7-3-1-4-8-11;2*1-2/h2-8,10-12H,9H2,1H3;1-10H,(H,13,15);2*1-2H3/b5-2+,8-3+,15-12+,16-14?;6-2+,9-5+,12-10+;;. The topological polar surface area (TPSA) is 90.9 Å². The van der Waals surface area contributed by atoms with Gasteiger partial charge in [0.05, 0.1) is 18.5 Å². The summed E-state index contributed by atoms with van der Waals surface area (Å²) >= 11 is 0.